The Balaban J connectivity index is 1.13. The third kappa shape index (κ3) is 6.96. The van der Waals surface area contributed by atoms with Crippen molar-refractivity contribution < 1.29 is 37.6 Å². The summed E-state index contributed by atoms with van der Waals surface area (Å²) in [5, 5.41) is 13.3. The number of fused-ring (bicyclic) bond motifs is 2. The van der Waals surface area contributed by atoms with Gasteiger partial charge in [-0.25, -0.2) is 29.9 Å². The first kappa shape index (κ1) is 32.5. The number of aliphatic hydroxyl groups is 1. The van der Waals surface area contributed by atoms with Gasteiger partial charge in [-0.3, -0.25) is 9.13 Å². The van der Waals surface area contributed by atoms with Crippen LogP contribution in [-0.4, -0.2) is 92.7 Å². The second-order valence-electron chi connectivity index (χ2n) is 10.6. The van der Waals surface area contributed by atoms with Crippen LogP contribution in [0.4, 0.5) is 11.6 Å². The molecule has 2 unspecified atom stereocenters. The summed E-state index contributed by atoms with van der Waals surface area (Å²) in [7, 11) is -2.29. The molecule has 0 aromatic carbocycles. The Labute approximate surface area is 267 Å². The number of rotatable bonds is 12. The molecule has 6 rings (SSSR count). The van der Waals surface area contributed by atoms with E-state index in [2.05, 4.69) is 47.5 Å². The second-order valence-corrected chi connectivity index (χ2v) is 15.1. The lowest BCUT2D eigenvalue weighted by Crippen LogP contribution is -2.29. The topological polar surface area (TPSA) is 229 Å². The van der Waals surface area contributed by atoms with E-state index in [1.54, 1.807) is 15.5 Å². The fourth-order valence-electron chi connectivity index (χ4n) is 5.29. The van der Waals surface area contributed by atoms with E-state index in [1.165, 1.54) is 19.0 Å². The second kappa shape index (κ2) is 13.3. The summed E-state index contributed by atoms with van der Waals surface area (Å²) in [6.07, 6.45) is 1.80. The first-order valence-electron chi connectivity index (χ1n) is 13.8. The Morgan fingerprint density at radius 2 is 1.69 bits per heavy atom. The van der Waals surface area contributed by atoms with Crippen LogP contribution in [0.15, 0.2) is 25.3 Å². The standard InChI is InChI=1S/C23H30N10O8P2S2/c1-11(2)31-21-19-23(28-8-26-21)33(10-30-19)17-4-13(14(5-34)38-17)41-43(36,45)37-6-15-12(40-42(35)44)3-16(39-15)32-9-29-18-20(24)25-7-27-22(18)32/h7-17,34H,3-6H2,1-2H3,(H4-,24,25,26,27,28,31,35,36,44,45)/p+1/t12-,13-,14+,15+,16+,17+,43?/m0/s1. The molecular formula is C23H31N10O8P2S2+. The van der Waals surface area contributed by atoms with E-state index in [-0.39, 0.29) is 31.3 Å². The highest BCUT2D eigenvalue weighted by Crippen LogP contribution is 2.50. The lowest BCUT2D eigenvalue weighted by molar-refractivity contribution is -0.0485. The smallest absolute Gasteiger partial charge is 0.394 e. The maximum absolute atomic E-state index is 11.9. The fourth-order valence-corrected chi connectivity index (χ4v) is 7.58. The van der Waals surface area contributed by atoms with Crippen LogP contribution in [0, 0.1) is 0 Å². The van der Waals surface area contributed by atoms with Crippen molar-refractivity contribution >= 4 is 72.0 Å². The Bertz CT molecular complexity index is 1750. The van der Waals surface area contributed by atoms with Crippen molar-refractivity contribution in [1.82, 2.24) is 39.0 Å². The number of nitrogen functional groups attached to an aromatic ring is 1. The summed E-state index contributed by atoms with van der Waals surface area (Å²) < 4.78 is 44.4. The molecular weight excluding hydrogens is 670 g/mol. The van der Waals surface area contributed by atoms with Gasteiger partial charge >= 0.3 is 13.9 Å². The minimum absolute atomic E-state index is 0.129. The van der Waals surface area contributed by atoms with Crippen molar-refractivity contribution in [3.63, 3.8) is 0 Å². The average molecular weight is 702 g/mol. The van der Waals surface area contributed by atoms with Crippen molar-refractivity contribution in [2.75, 3.05) is 24.3 Å². The van der Waals surface area contributed by atoms with E-state index in [9.17, 15) is 14.6 Å². The first-order valence-corrected chi connectivity index (χ1v) is 18.7. The normalized spacial score (nSPS) is 27.0. The van der Waals surface area contributed by atoms with Crippen LogP contribution in [0.1, 0.15) is 39.1 Å². The number of imidazole rings is 2. The van der Waals surface area contributed by atoms with Gasteiger partial charge in [0.1, 0.15) is 61.2 Å². The number of nitrogens with zero attached hydrogens (tertiary/aromatic N) is 8. The summed E-state index contributed by atoms with van der Waals surface area (Å²) in [6.45, 7) is -0.595. The molecule has 0 aliphatic carbocycles. The van der Waals surface area contributed by atoms with E-state index >= 15 is 0 Å². The van der Waals surface area contributed by atoms with Gasteiger partial charge in [-0.15, -0.1) is 4.52 Å². The summed E-state index contributed by atoms with van der Waals surface area (Å²) >= 11 is 9.20. The van der Waals surface area contributed by atoms with Gasteiger partial charge in [0.2, 0.25) is 0 Å². The number of aliphatic hydroxyl groups excluding tert-OH is 1. The molecule has 0 spiro atoms. The van der Waals surface area contributed by atoms with Crippen LogP contribution in [0.5, 0.6) is 0 Å². The Kier molecular flexibility index (Phi) is 9.61. The molecule has 18 nitrogen and oxygen atoms in total. The predicted molar refractivity (Wildman–Crippen MR) is 167 cm³/mol. The first-order chi connectivity index (χ1) is 21.5. The molecule has 2 fully saturated rings. The third-order valence-corrected chi connectivity index (χ3v) is 9.55. The zero-order valence-electron chi connectivity index (χ0n) is 23.9. The molecule has 45 heavy (non-hydrogen) atoms. The van der Waals surface area contributed by atoms with E-state index < -0.39 is 57.4 Å². The Hall–Kier alpha value is -2.48. The zero-order valence-corrected chi connectivity index (χ0v) is 27.4. The molecule has 0 bridgehead atoms. The fraction of sp³-hybridized carbons (Fsp3) is 0.565. The molecule has 0 saturated carbocycles. The van der Waals surface area contributed by atoms with Gasteiger partial charge < -0.3 is 39.6 Å². The van der Waals surface area contributed by atoms with Crippen LogP contribution >= 0.6 is 26.2 Å². The number of hydrogen-bond acceptors (Lipinski definition) is 16. The van der Waals surface area contributed by atoms with Gasteiger partial charge in [-0.1, -0.05) is 0 Å². The largest absolute Gasteiger partial charge is 0.582 e. The van der Waals surface area contributed by atoms with Crippen LogP contribution in [0.25, 0.3) is 22.3 Å². The molecule has 4 aromatic heterocycles. The number of ether oxygens (including phenoxy) is 2. The Morgan fingerprint density at radius 3 is 2.36 bits per heavy atom. The van der Waals surface area contributed by atoms with Gasteiger partial charge in [0.05, 0.1) is 32.0 Å². The number of anilines is 2. The molecule has 8 atom stereocenters. The summed E-state index contributed by atoms with van der Waals surface area (Å²) in [6, 6.07) is 0.129. The number of aromatic nitrogens is 8. The predicted octanol–water partition coefficient (Wildman–Crippen LogP) is 2.23. The highest BCUT2D eigenvalue weighted by Gasteiger charge is 2.45. The quantitative estimate of drug-likeness (QED) is 0.105. The summed E-state index contributed by atoms with van der Waals surface area (Å²) in [5.41, 5.74) is 7.83. The Morgan fingerprint density at radius 1 is 1.07 bits per heavy atom. The van der Waals surface area contributed by atoms with Gasteiger partial charge in [0.25, 0.3) is 0 Å². The minimum atomic E-state index is -3.91. The molecule has 0 amide bonds. The average Bonchev–Trinajstić information content (AvgIpc) is 3.76. The van der Waals surface area contributed by atoms with E-state index in [0.717, 1.165) is 0 Å². The van der Waals surface area contributed by atoms with Gasteiger partial charge in [0.15, 0.2) is 28.4 Å². The van der Waals surface area contributed by atoms with Gasteiger partial charge in [-0.2, -0.15) is 0 Å². The number of nitrogens with two attached hydrogens (primary N) is 1. The van der Waals surface area contributed by atoms with E-state index in [4.69, 9.17) is 40.6 Å². The van der Waals surface area contributed by atoms with E-state index in [1.807, 2.05) is 13.8 Å². The molecule has 2 aliphatic rings. The van der Waals surface area contributed by atoms with Crippen LogP contribution in [0.3, 0.4) is 0 Å². The van der Waals surface area contributed by atoms with Crippen molar-refractivity contribution in [3.8, 4) is 0 Å². The van der Waals surface area contributed by atoms with Crippen LogP contribution < -0.4 is 11.1 Å². The van der Waals surface area contributed by atoms with E-state index in [0.29, 0.717) is 28.1 Å². The highest BCUT2D eigenvalue weighted by atomic mass is 32.7. The van der Waals surface area contributed by atoms with Crippen LogP contribution in [0.2, 0.25) is 0 Å². The highest BCUT2D eigenvalue weighted by molar-refractivity contribution is 8.39. The molecule has 2 aliphatic heterocycles. The van der Waals surface area contributed by atoms with Gasteiger partial charge in [-0.05, 0) is 30.2 Å². The zero-order chi connectivity index (χ0) is 31.9. The number of nitrogens with one attached hydrogen (secondary N) is 1. The van der Waals surface area contributed by atoms with Crippen molar-refractivity contribution in [3.05, 3.63) is 25.3 Å². The SMILES string of the molecule is CC(C)Nc1ncnc2c1ncn2[C@H]1C[C@H](OP(O)(=S)OC[C@H]2O[C@@H](n3cnc4c(N)ncnc43)C[C@@H]2O[P+](=O)S)[C@@H](CO)O1. The molecule has 2 saturated heterocycles. The van der Waals surface area contributed by atoms with Crippen molar-refractivity contribution in [1.29, 1.82) is 0 Å². The molecule has 4 aromatic rings. The monoisotopic (exact) mass is 701 g/mol. The number of thiol groups is 1. The molecule has 0 radical (unpaired) electrons. The van der Waals surface area contributed by atoms with Gasteiger partial charge in [0, 0.05) is 18.9 Å². The maximum Gasteiger partial charge on any atom is 0.582 e. The third-order valence-electron chi connectivity index (χ3n) is 7.23. The number of hydrogen-bond donors (Lipinski definition) is 5. The summed E-state index contributed by atoms with van der Waals surface area (Å²) in [5.74, 6) is 0.792. The summed E-state index contributed by atoms with van der Waals surface area (Å²) in [4.78, 5) is 36.5. The minimum Gasteiger partial charge on any atom is -0.394 e. The molecule has 5 N–H and O–H groups in total. The lowest BCUT2D eigenvalue weighted by Gasteiger charge is -2.24. The van der Waals surface area contributed by atoms with Crippen molar-refractivity contribution in [2.24, 2.45) is 0 Å². The molecule has 22 heteroatoms. The van der Waals surface area contributed by atoms with Crippen LogP contribution in [-0.2, 0) is 39.4 Å². The molecule has 6 heterocycles. The lowest BCUT2D eigenvalue weighted by atomic mass is 10.2. The maximum atomic E-state index is 11.9. The van der Waals surface area contributed by atoms with Crippen molar-refractivity contribution in [2.45, 2.75) is 69.6 Å². The molecule has 242 valence electrons.